The van der Waals surface area contributed by atoms with E-state index >= 15 is 0 Å². The number of hydrogen-bond donors (Lipinski definition) is 1. The van der Waals surface area contributed by atoms with Crippen LogP contribution in [0.2, 0.25) is 0 Å². The standard InChI is InChI=1S/C20H14BrN3O3/c21-14-6-8-17-16(10-14)20(25)23(12-13-4-2-1-3-5-13)19-11-15(24(26)27)7-9-18(19)22-17/h1-11,22H,12H2. The number of carbonyl (C=O) groups excluding carboxylic acids is 1. The van der Waals surface area contributed by atoms with Crippen molar-refractivity contribution >= 4 is 44.6 Å². The number of hydrogen-bond acceptors (Lipinski definition) is 4. The van der Waals surface area contributed by atoms with Gasteiger partial charge in [0.1, 0.15) is 0 Å². The molecule has 4 rings (SSSR count). The minimum Gasteiger partial charge on any atom is -0.353 e. The zero-order valence-corrected chi connectivity index (χ0v) is 15.6. The molecule has 134 valence electrons. The van der Waals surface area contributed by atoms with Crippen LogP contribution in [0.5, 0.6) is 0 Å². The van der Waals surface area contributed by atoms with Crippen molar-refractivity contribution in [1.29, 1.82) is 0 Å². The van der Waals surface area contributed by atoms with Crippen LogP contribution in [0.15, 0.2) is 71.2 Å². The minimum atomic E-state index is -0.458. The predicted octanol–water partition coefficient (Wildman–Crippen LogP) is 5.26. The molecule has 0 radical (unpaired) electrons. The normalized spacial score (nSPS) is 12.6. The summed E-state index contributed by atoms with van der Waals surface area (Å²) in [5.74, 6) is -0.220. The second-order valence-electron chi connectivity index (χ2n) is 6.15. The first-order valence-corrected chi connectivity index (χ1v) is 9.03. The first-order chi connectivity index (χ1) is 13.0. The van der Waals surface area contributed by atoms with Crippen molar-refractivity contribution in [3.05, 3.63) is 92.4 Å². The highest BCUT2D eigenvalue weighted by molar-refractivity contribution is 9.10. The molecule has 0 bridgehead atoms. The highest BCUT2D eigenvalue weighted by atomic mass is 79.9. The second-order valence-corrected chi connectivity index (χ2v) is 7.07. The van der Waals surface area contributed by atoms with Crippen LogP contribution in [0.25, 0.3) is 0 Å². The van der Waals surface area contributed by atoms with Crippen molar-refractivity contribution in [3.63, 3.8) is 0 Å². The van der Waals surface area contributed by atoms with Crippen LogP contribution in [0, 0.1) is 10.1 Å². The number of nitrogens with one attached hydrogen (secondary N) is 1. The summed E-state index contributed by atoms with van der Waals surface area (Å²) in [5.41, 5.74) is 3.15. The average molecular weight is 424 g/mol. The van der Waals surface area contributed by atoms with Gasteiger partial charge in [-0.25, -0.2) is 0 Å². The quantitative estimate of drug-likeness (QED) is 0.460. The fourth-order valence-electron chi connectivity index (χ4n) is 3.09. The van der Waals surface area contributed by atoms with Crippen molar-refractivity contribution in [3.8, 4) is 0 Å². The summed E-state index contributed by atoms with van der Waals surface area (Å²) in [4.78, 5) is 25.7. The predicted molar refractivity (Wildman–Crippen MR) is 107 cm³/mol. The van der Waals surface area contributed by atoms with Gasteiger partial charge in [0, 0.05) is 16.6 Å². The van der Waals surface area contributed by atoms with E-state index in [0.29, 0.717) is 29.2 Å². The minimum absolute atomic E-state index is 0.0615. The molecule has 1 aliphatic heterocycles. The summed E-state index contributed by atoms with van der Waals surface area (Å²) < 4.78 is 0.785. The molecule has 0 aromatic heterocycles. The van der Waals surface area contributed by atoms with E-state index in [0.717, 1.165) is 10.0 Å². The molecule has 27 heavy (non-hydrogen) atoms. The Labute approximate surface area is 163 Å². The number of amides is 1. The molecule has 1 amide bonds. The number of nitrogens with zero attached hydrogens (tertiary/aromatic N) is 2. The number of non-ortho nitro benzene ring substituents is 1. The molecule has 6 nitrogen and oxygen atoms in total. The van der Waals surface area contributed by atoms with Gasteiger partial charge in [0.15, 0.2) is 0 Å². The highest BCUT2D eigenvalue weighted by Crippen LogP contribution is 2.39. The Balaban J connectivity index is 1.89. The molecule has 1 N–H and O–H groups in total. The molecule has 0 unspecified atom stereocenters. The molecule has 1 heterocycles. The molecule has 0 fully saturated rings. The molecule has 0 spiro atoms. The summed E-state index contributed by atoms with van der Waals surface area (Å²) >= 11 is 3.41. The lowest BCUT2D eigenvalue weighted by molar-refractivity contribution is -0.384. The molecule has 3 aromatic rings. The lowest BCUT2D eigenvalue weighted by Crippen LogP contribution is -2.29. The number of anilines is 3. The van der Waals surface area contributed by atoms with E-state index in [2.05, 4.69) is 21.2 Å². The Hall–Kier alpha value is -3.19. The van der Waals surface area contributed by atoms with Gasteiger partial charge in [0.05, 0.1) is 34.1 Å². The van der Waals surface area contributed by atoms with Crippen LogP contribution in [-0.4, -0.2) is 10.8 Å². The van der Waals surface area contributed by atoms with Crippen LogP contribution in [0.1, 0.15) is 15.9 Å². The maximum atomic E-state index is 13.3. The Bertz CT molecular complexity index is 1050. The van der Waals surface area contributed by atoms with E-state index in [1.165, 1.54) is 12.1 Å². The van der Waals surface area contributed by atoms with Crippen LogP contribution in [0.4, 0.5) is 22.7 Å². The highest BCUT2D eigenvalue weighted by Gasteiger charge is 2.28. The third kappa shape index (κ3) is 3.29. The molecule has 0 saturated carbocycles. The van der Waals surface area contributed by atoms with Gasteiger partial charge in [-0.1, -0.05) is 46.3 Å². The van der Waals surface area contributed by atoms with Crippen LogP contribution >= 0.6 is 15.9 Å². The van der Waals surface area contributed by atoms with Crippen molar-refractivity contribution in [1.82, 2.24) is 0 Å². The average Bonchev–Trinajstić information content (AvgIpc) is 2.78. The summed E-state index contributed by atoms with van der Waals surface area (Å²) in [5, 5.41) is 14.5. The molecule has 1 aliphatic rings. The number of fused-ring (bicyclic) bond motifs is 2. The monoisotopic (exact) mass is 423 g/mol. The maximum absolute atomic E-state index is 13.3. The third-order valence-corrected chi connectivity index (χ3v) is 4.89. The van der Waals surface area contributed by atoms with Gasteiger partial charge in [-0.2, -0.15) is 0 Å². The summed E-state index contributed by atoms with van der Waals surface area (Å²) in [6, 6.07) is 19.5. The number of rotatable bonds is 3. The lowest BCUT2D eigenvalue weighted by atomic mass is 10.1. The number of benzene rings is 3. The zero-order chi connectivity index (χ0) is 19.0. The van der Waals surface area contributed by atoms with Gasteiger partial charge < -0.3 is 10.2 Å². The third-order valence-electron chi connectivity index (χ3n) is 4.39. The Morgan fingerprint density at radius 2 is 1.74 bits per heavy atom. The Kier molecular flexibility index (Phi) is 4.37. The molecule has 3 aromatic carbocycles. The number of carbonyl (C=O) groups is 1. The fourth-order valence-corrected chi connectivity index (χ4v) is 3.45. The van der Waals surface area contributed by atoms with E-state index in [-0.39, 0.29) is 11.6 Å². The molecule has 0 aliphatic carbocycles. The smallest absolute Gasteiger partial charge is 0.271 e. The molecule has 7 heteroatoms. The van der Waals surface area contributed by atoms with E-state index in [1.807, 2.05) is 42.5 Å². The van der Waals surface area contributed by atoms with Gasteiger partial charge in [-0.05, 0) is 29.8 Å². The fraction of sp³-hybridized carbons (Fsp3) is 0.0500. The van der Waals surface area contributed by atoms with E-state index < -0.39 is 4.92 Å². The molecule has 0 saturated heterocycles. The molecular formula is C20H14BrN3O3. The van der Waals surface area contributed by atoms with Crippen molar-refractivity contribution < 1.29 is 9.72 Å². The first-order valence-electron chi connectivity index (χ1n) is 8.24. The van der Waals surface area contributed by atoms with Crippen molar-refractivity contribution in [2.24, 2.45) is 0 Å². The van der Waals surface area contributed by atoms with Gasteiger partial charge in [-0.3, -0.25) is 14.9 Å². The van der Waals surface area contributed by atoms with Gasteiger partial charge in [0.2, 0.25) is 0 Å². The second kappa shape index (κ2) is 6.85. The van der Waals surface area contributed by atoms with Gasteiger partial charge >= 0.3 is 0 Å². The largest absolute Gasteiger partial charge is 0.353 e. The summed E-state index contributed by atoms with van der Waals surface area (Å²) in [6.07, 6.45) is 0. The van der Waals surface area contributed by atoms with Crippen LogP contribution in [0.3, 0.4) is 0 Å². The van der Waals surface area contributed by atoms with Gasteiger partial charge in [0.25, 0.3) is 11.6 Å². The summed E-state index contributed by atoms with van der Waals surface area (Å²) in [7, 11) is 0. The summed E-state index contributed by atoms with van der Waals surface area (Å²) in [6.45, 7) is 0.307. The Morgan fingerprint density at radius 3 is 2.48 bits per heavy atom. The van der Waals surface area contributed by atoms with E-state index in [1.54, 1.807) is 17.0 Å². The lowest BCUT2D eigenvalue weighted by Gasteiger charge is -2.23. The maximum Gasteiger partial charge on any atom is 0.271 e. The zero-order valence-electron chi connectivity index (χ0n) is 14.1. The van der Waals surface area contributed by atoms with E-state index in [4.69, 9.17) is 0 Å². The number of halogens is 1. The van der Waals surface area contributed by atoms with Crippen LogP contribution in [-0.2, 0) is 6.54 Å². The van der Waals surface area contributed by atoms with Gasteiger partial charge in [-0.15, -0.1) is 0 Å². The van der Waals surface area contributed by atoms with Crippen molar-refractivity contribution in [2.45, 2.75) is 6.54 Å². The molecule has 0 atom stereocenters. The molecular weight excluding hydrogens is 410 g/mol. The van der Waals surface area contributed by atoms with Crippen LogP contribution < -0.4 is 10.2 Å². The SMILES string of the molecule is O=C1c2cc(Br)ccc2Nc2ccc([N+](=O)[O-])cc2N1Cc1ccccc1. The number of nitro groups is 1. The van der Waals surface area contributed by atoms with E-state index in [9.17, 15) is 14.9 Å². The number of nitro benzene ring substituents is 1. The first kappa shape index (κ1) is 17.2. The van der Waals surface area contributed by atoms with Crippen molar-refractivity contribution in [2.75, 3.05) is 10.2 Å². The Morgan fingerprint density at radius 1 is 1.00 bits per heavy atom. The topological polar surface area (TPSA) is 75.5 Å².